The minimum Gasteiger partial charge on any atom is -0.351 e. The highest BCUT2D eigenvalue weighted by Gasteiger charge is 2.23. The van der Waals surface area contributed by atoms with Crippen molar-refractivity contribution in [3.8, 4) is 21.8 Å². The van der Waals surface area contributed by atoms with E-state index in [9.17, 15) is 0 Å². The SMILES string of the molecule is Cc1cccc(-c2nc(N3CCC(C)CC3)sc2-c2ccnc(NC3CCCC3)n2)c1. The maximum Gasteiger partial charge on any atom is 0.223 e. The molecular formula is C25H31N5S. The first-order valence-electron chi connectivity index (χ1n) is 11.6. The number of aromatic nitrogens is 3. The summed E-state index contributed by atoms with van der Waals surface area (Å²) in [5.74, 6) is 1.54. The molecule has 3 heterocycles. The van der Waals surface area contributed by atoms with E-state index in [1.165, 1.54) is 44.1 Å². The molecule has 1 aromatic carbocycles. The minimum absolute atomic E-state index is 0.499. The zero-order valence-electron chi connectivity index (χ0n) is 18.5. The Labute approximate surface area is 189 Å². The summed E-state index contributed by atoms with van der Waals surface area (Å²) in [5, 5.41) is 4.66. The van der Waals surface area contributed by atoms with Crippen molar-refractivity contribution in [1.29, 1.82) is 0 Å². The van der Waals surface area contributed by atoms with Gasteiger partial charge in [0.25, 0.3) is 0 Å². The number of aryl methyl sites for hydroxylation is 1. The number of hydrogen-bond acceptors (Lipinski definition) is 6. The molecule has 2 aliphatic rings. The van der Waals surface area contributed by atoms with Gasteiger partial charge in [0.05, 0.1) is 16.3 Å². The molecular weight excluding hydrogens is 402 g/mol. The largest absolute Gasteiger partial charge is 0.351 e. The molecule has 3 aromatic rings. The Morgan fingerprint density at radius 3 is 2.61 bits per heavy atom. The van der Waals surface area contributed by atoms with Crippen LogP contribution in [0.4, 0.5) is 11.1 Å². The van der Waals surface area contributed by atoms with E-state index in [4.69, 9.17) is 9.97 Å². The molecule has 0 unspecified atom stereocenters. The summed E-state index contributed by atoms with van der Waals surface area (Å²) in [4.78, 5) is 18.1. The van der Waals surface area contributed by atoms with Crippen LogP contribution in [-0.4, -0.2) is 34.1 Å². The van der Waals surface area contributed by atoms with Gasteiger partial charge in [0.2, 0.25) is 5.95 Å². The van der Waals surface area contributed by atoms with Crippen molar-refractivity contribution < 1.29 is 0 Å². The van der Waals surface area contributed by atoms with Crippen LogP contribution >= 0.6 is 11.3 Å². The second-order valence-corrected chi connectivity index (χ2v) is 10.1. The Bertz CT molecular complexity index is 1030. The van der Waals surface area contributed by atoms with E-state index in [1.54, 1.807) is 11.3 Å². The third-order valence-electron chi connectivity index (χ3n) is 6.54. The Morgan fingerprint density at radius 1 is 1.03 bits per heavy atom. The highest BCUT2D eigenvalue weighted by atomic mass is 32.1. The monoisotopic (exact) mass is 433 g/mol. The summed E-state index contributed by atoms with van der Waals surface area (Å²) in [6.45, 7) is 6.65. The van der Waals surface area contributed by atoms with Crippen molar-refractivity contribution in [2.24, 2.45) is 5.92 Å². The number of nitrogens with one attached hydrogen (secondary N) is 1. The number of rotatable bonds is 5. The number of hydrogen-bond donors (Lipinski definition) is 1. The second kappa shape index (κ2) is 8.95. The molecule has 2 aromatic heterocycles. The molecule has 0 amide bonds. The van der Waals surface area contributed by atoms with Crippen molar-refractivity contribution in [3.05, 3.63) is 42.1 Å². The molecule has 5 nitrogen and oxygen atoms in total. The molecule has 1 N–H and O–H groups in total. The van der Waals surface area contributed by atoms with Crippen molar-refractivity contribution in [3.63, 3.8) is 0 Å². The lowest BCUT2D eigenvalue weighted by Crippen LogP contribution is -2.32. The van der Waals surface area contributed by atoms with E-state index in [0.29, 0.717) is 6.04 Å². The van der Waals surface area contributed by atoms with Gasteiger partial charge in [-0.2, -0.15) is 0 Å². The predicted octanol–water partition coefficient (Wildman–Crippen LogP) is 6.17. The summed E-state index contributed by atoms with van der Waals surface area (Å²) in [7, 11) is 0. The van der Waals surface area contributed by atoms with Gasteiger partial charge < -0.3 is 10.2 Å². The molecule has 0 bridgehead atoms. The zero-order chi connectivity index (χ0) is 21.2. The van der Waals surface area contributed by atoms with Crippen LogP contribution in [0.2, 0.25) is 0 Å². The van der Waals surface area contributed by atoms with Gasteiger partial charge in [-0.25, -0.2) is 15.0 Å². The van der Waals surface area contributed by atoms with Gasteiger partial charge in [0, 0.05) is 30.9 Å². The summed E-state index contributed by atoms with van der Waals surface area (Å²) in [5.41, 5.74) is 4.40. The van der Waals surface area contributed by atoms with Gasteiger partial charge >= 0.3 is 0 Å². The summed E-state index contributed by atoms with van der Waals surface area (Å²) in [6.07, 6.45) is 9.35. The molecule has 1 saturated carbocycles. The first kappa shape index (κ1) is 20.4. The smallest absolute Gasteiger partial charge is 0.223 e. The topological polar surface area (TPSA) is 53.9 Å². The molecule has 5 rings (SSSR count). The molecule has 2 fully saturated rings. The third kappa shape index (κ3) is 4.59. The maximum atomic E-state index is 5.14. The fourth-order valence-corrected chi connectivity index (χ4v) is 5.72. The van der Waals surface area contributed by atoms with E-state index in [0.717, 1.165) is 51.9 Å². The van der Waals surface area contributed by atoms with Gasteiger partial charge in [-0.05, 0) is 50.7 Å². The number of thiazole rings is 1. The first-order chi connectivity index (χ1) is 15.2. The van der Waals surface area contributed by atoms with Gasteiger partial charge in [0.1, 0.15) is 0 Å². The Kier molecular flexibility index (Phi) is 5.90. The summed E-state index contributed by atoms with van der Waals surface area (Å²) in [6, 6.07) is 11.2. The molecule has 1 saturated heterocycles. The third-order valence-corrected chi connectivity index (χ3v) is 7.68. The fourth-order valence-electron chi connectivity index (χ4n) is 4.61. The number of piperidine rings is 1. The lowest BCUT2D eigenvalue weighted by Gasteiger charge is -2.29. The van der Waals surface area contributed by atoms with Gasteiger partial charge in [-0.1, -0.05) is 54.9 Å². The second-order valence-electron chi connectivity index (χ2n) is 9.10. The molecule has 0 atom stereocenters. The van der Waals surface area contributed by atoms with E-state index in [1.807, 2.05) is 12.3 Å². The Hall–Kier alpha value is -2.47. The fraction of sp³-hybridized carbons (Fsp3) is 0.480. The molecule has 0 radical (unpaired) electrons. The normalized spacial score (nSPS) is 17.9. The van der Waals surface area contributed by atoms with Crippen LogP contribution in [0.25, 0.3) is 21.8 Å². The molecule has 1 aliphatic heterocycles. The summed E-state index contributed by atoms with van der Waals surface area (Å²) < 4.78 is 0. The quantitative estimate of drug-likeness (QED) is 0.522. The van der Waals surface area contributed by atoms with E-state index in [2.05, 4.69) is 53.3 Å². The average molecular weight is 434 g/mol. The predicted molar refractivity (Wildman–Crippen MR) is 130 cm³/mol. The van der Waals surface area contributed by atoms with E-state index in [-0.39, 0.29) is 0 Å². The van der Waals surface area contributed by atoms with Crippen LogP contribution in [0.5, 0.6) is 0 Å². The minimum atomic E-state index is 0.499. The summed E-state index contributed by atoms with van der Waals surface area (Å²) >= 11 is 1.77. The molecule has 162 valence electrons. The van der Waals surface area contributed by atoms with Crippen molar-refractivity contribution in [2.75, 3.05) is 23.3 Å². The van der Waals surface area contributed by atoms with Crippen LogP contribution in [0.15, 0.2) is 36.5 Å². The standard InChI is InChI=1S/C25H31N5S/c1-17-11-14-30(15-12-17)25-29-22(19-7-5-6-18(2)16-19)23(31-25)21-10-13-26-24(28-21)27-20-8-3-4-9-20/h5-7,10,13,16-17,20H,3-4,8-9,11-12,14-15H2,1-2H3,(H,26,27,28). The lowest BCUT2D eigenvalue weighted by atomic mass is 10.00. The van der Waals surface area contributed by atoms with Crippen molar-refractivity contribution >= 4 is 22.4 Å². The van der Waals surface area contributed by atoms with Crippen molar-refractivity contribution in [2.45, 2.75) is 58.4 Å². The van der Waals surface area contributed by atoms with E-state index < -0.39 is 0 Å². The Morgan fingerprint density at radius 2 is 1.84 bits per heavy atom. The highest BCUT2D eigenvalue weighted by molar-refractivity contribution is 7.19. The molecule has 1 aliphatic carbocycles. The van der Waals surface area contributed by atoms with E-state index >= 15 is 0 Å². The molecule has 6 heteroatoms. The molecule has 31 heavy (non-hydrogen) atoms. The van der Waals surface area contributed by atoms with Crippen LogP contribution < -0.4 is 10.2 Å². The first-order valence-corrected chi connectivity index (χ1v) is 12.4. The van der Waals surface area contributed by atoms with Gasteiger partial charge in [0.15, 0.2) is 5.13 Å². The highest BCUT2D eigenvalue weighted by Crippen LogP contribution is 2.41. The van der Waals surface area contributed by atoms with Gasteiger partial charge in [-0.15, -0.1) is 0 Å². The zero-order valence-corrected chi connectivity index (χ0v) is 19.3. The Balaban J connectivity index is 1.52. The number of anilines is 2. The van der Waals surface area contributed by atoms with Crippen LogP contribution in [0.1, 0.15) is 51.0 Å². The van der Waals surface area contributed by atoms with Crippen molar-refractivity contribution in [1.82, 2.24) is 15.0 Å². The molecule has 0 spiro atoms. The lowest BCUT2D eigenvalue weighted by molar-refractivity contribution is 0.438. The van der Waals surface area contributed by atoms with Crippen LogP contribution in [0.3, 0.4) is 0 Å². The van der Waals surface area contributed by atoms with Crippen LogP contribution in [-0.2, 0) is 0 Å². The van der Waals surface area contributed by atoms with Gasteiger partial charge in [-0.3, -0.25) is 0 Å². The van der Waals surface area contributed by atoms with Crippen LogP contribution in [0, 0.1) is 12.8 Å². The maximum absolute atomic E-state index is 5.14. The number of nitrogens with zero attached hydrogens (tertiary/aromatic N) is 4. The number of benzene rings is 1. The average Bonchev–Trinajstić information content (AvgIpc) is 3.45.